The number of nitrogens with zero attached hydrogens (tertiary/aromatic N) is 11. The number of aryl methyl sites for hydroxylation is 1. The van der Waals surface area contributed by atoms with Gasteiger partial charge < -0.3 is 40.7 Å². The highest BCUT2D eigenvalue weighted by atomic mass is 35.5. The van der Waals surface area contributed by atoms with Crippen LogP contribution in [0.25, 0.3) is 49.7 Å². The Hall–Kier alpha value is -13.4. The Morgan fingerprint density at radius 3 is 1.39 bits per heavy atom. The zero-order valence-corrected chi connectivity index (χ0v) is 78.5. The molecule has 694 valence electrons. The molecule has 18 nitrogen and oxygen atoms in total. The van der Waals surface area contributed by atoms with Gasteiger partial charge in [-0.05, 0) is 246 Å². The van der Waals surface area contributed by atoms with Crippen LogP contribution in [0.5, 0.6) is 0 Å². The number of aliphatic hydroxyl groups excluding tert-OH is 1. The van der Waals surface area contributed by atoms with Gasteiger partial charge in [0.2, 0.25) is 23.5 Å². The van der Waals surface area contributed by atoms with E-state index in [1.807, 2.05) is 158 Å². The minimum atomic E-state index is -0.189. The van der Waals surface area contributed by atoms with Crippen LogP contribution in [0.3, 0.4) is 0 Å². The fraction of sp³-hybridized carbons (Fsp3) is 0.263. The van der Waals surface area contributed by atoms with Crippen LogP contribution in [0.1, 0.15) is 139 Å². The van der Waals surface area contributed by atoms with Gasteiger partial charge in [-0.1, -0.05) is 223 Å². The van der Waals surface area contributed by atoms with Crippen LogP contribution in [0.4, 0.5) is 59.6 Å². The first-order valence-corrected chi connectivity index (χ1v) is 48.1. The predicted octanol–water partition coefficient (Wildman–Crippen LogP) is 24.6. The number of halogens is 5. The maximum absolute atomic E-state index is 14.7. The van der Waals surface area contributed by atoms with Gasteiger partial charge in [0, 0.05) is 155 Å². The van der Waals surface area contributed by atoms with Crippen molar-refractivity contribution in [1.29, 1.82) is 0 Å². The van der Waals surface area contributed by atoms with Crippen molar-refractivity contribution in [1.82, 2.24) is 49.6 Å². The SMILES string of the molecule is COCCCCc1cccc(Nc2ncc3c(n2)-c2ccccc2[C@H](c2ccccc2F)C3)c1.COCCN1CCN(Cc2cccc(Nc3ncc4c(n3)-c3ccccc3[C@H](c3ccccc3F)C4)c2)CC1.OCCc1ccccc1Nc1ncc2c(n1)-c1ccccc1[C@H](c1ccccc1F)C2.[C-]#[N+]c1c(NCCCN2CCCC2)ncc2c1-c1ccccc1C(c1ccc(Cl)c(Cl)c1)C2. The number of nitrogens with one attached hydrogen (secondary N) is 4. The molecule has 11 aromatic carbocycles. The number of benzene rings is 11. The molecule has 6 heterocycles. The summed E-state index contributed by atoms with van der Waals surface area (Å²) < 4.78 is 54.3. The van der Waals surface area contributed by atoms with E-state index in [4.69, 9.17) is 54.2 Å². The number of anilines is 7. The van der Waals surface area contributed by atoms with Crippen LogP contribution in [0, 0.1) is 24.0 Å². The van der Waals surface area contributed by atoms with Gasteiger partial charge in [-0.3, -0.25) is 14.8 Å². The van der Waals surface area contributed by atoms with Gasteiger partial charge in [-0.2, -0.15) is 0 Å². The summed E-state index contributed by atoms with van der Waals surface area (Å²) in [6.07, 6.45) is 17.7. The second-order valence-corrected chi connectivity index (χ2v) is 36.4. The molecule has 2 aliphatic heterocycles. The average molecular weight is 1870 g/mol. The Labute approximate surface area is 809 Å². The fourth-order valence-electron chi connectivity index (χ4n) is 20.0. The number of aliphatic hydroxyl groups is 1. The van der Waals surface area contributed by atoms with E-state index in [2.05, 4.69) is 152 Å². The topological polar surface area (TPSA) is 191 Å². The summed E-state index contributed by atoms with van der Waals surface area (Å²) in [5, 5.41) is 24.0. The van der Waals surface area contributed by atoms with E-state index in [-0.39, 0.29) is 47.7 Å². The Morgan fingerprint density at radius 1 is 0.416 bits per heavy atom. The zero-order chi connectivity index (χ0) is 93.9. The van der Waals surface area contributed by atoms with E-state index >= 15 is 0 Å². The first-order chi connectivity index (χ1) is 67.3. The number of fused-ring (bicyclic) bond motifs is 12. The van der Waals surface area contributed by atoms with Crippen LogP contribution in [0.15, 0.2) is 286 Å². The van der Waals surface area contributed by atoms with Crippen LogP contribution >= 0.6 is 23.2 Å². The van der Waals surface area contributed by atoms with E-state index < -0.39 is 0 Å². The molecule has 5 N–H and O–H groups in total. The highest BCUT2D eigenvalue weighted by Gasteiger charge is 2.35. The molecule has 2 saturated heterocycles. The van der Waals surface area contributed by atoms with E-state index in [0.29, 0.717) is 81.8 Å². The number of methoxy groups -OCH3 is 2. The highest BCUT2D eigenvalue weighted by molar-refractivity contribution is 6.42. The molecule has 1 unspecified atom stereocenters. The fourth-order valence-corrected chi connectivity index (χ4v) is 20.3. The maximum atomic E-state index is 14.7. The lowest BCUT2D eigenvalue weighted by molar-refractivity contribution is 0.0938. The van der Waals surface area contributed by atoms with Crippen LogP contribution in [-0.2, 0) is 54.5 Å². The quantitative estimate of drug-likeness (QED) is 0.0241. The third-order valence-electron chi connectivity index (χ3n) is 26.8. The predicted molar refractivity (Wildman–Crippen MR) is 543 cm³/mol. The zero-order valence-electron chi connectivity index (χ0n) is 77.0. The number of aromatic nitrogens is 7. The average Bonchev–Trinajstić information content (AvgIpc) is 1.19. The van der Waals surface area contributed by atoms with Gasteiger partial charge in [0.25, 0.3) is 0 Å². The van der Waals surface area contributed by atoms with Crippen LogP contribution in [0.2, 0.25) is 10.0 Å². The number of hydrogen-bond donors (Lipinski definition) is 5. The summed E-state index contributed by atoms with van der Waals surface area (Å²) in [5.41, 5.74) is 26.8. The van der Waals surface area contributed by atoms with Crippen molar-refractivity contribution in [3.05, 3.63) is 408 Å². The Balaban J connectivity index is 0.000000122. The number of rotatable bonds is 27. The number of likely N-dealkylation sites (tertiary alicyclic amines) is 1. The van der Waals surface area contributed by atoms with Gasteiger partial charge in [0.05, 0.1) is 40.3 Å². The number of para-hydroxylation sites is 1. The van der Waals surface area contributed by atoms with Gasteiger partial charge >= 0.3 is 0 Å². The smallest absolute Gasteiger partial charge is 0.236 e. The van der Waals surface area contributed by atoms with Gasteiger partial charge in [0.1, 0.15) is 23.3 Å². The second-order valence-electron chi connectivity index (χ2n) is 35.6. The van der Waals surface area contributed by atoms with Crippen molar-refractivity contribution in [2.24, 2.45) is 0 Å². The summed E-state index contributed by atoms with van der Waals surface area (Å²) in [6, 6.07) is 84.4. The van der Waals surface area contributed by atoms with Crippen molar-refractivity contribution in [2.45, 2.75) is 101 Å². The number of unbranched alkanes of at least 4 members (excludes halogenated alkanes) is 1. The molecule has 2 fully saturated rings. The van der Waals surface area contributed by atoms with Crippen molar-refractivity contribution >= 4 is 69.6 Å². The van der Waals surface area contributed by atoms with Crippen LogP contribution < -0.4 is 21.3 Å². The van der Waals surface area contributed by atoms with Gasteiger partial charge in [-0.15, -0.1) is 0 Å². The van der Waals surface area contributed by atoms with E-state index in [1.165, 1.54) is 60.8 Å². The van der Waals surface area contributed by atoms with E-state index in [1.54, 1.807) is 32.4 Å². The summed E-state index contributed by atoms with van der Waals surface area (Å²) in [6.45, 7) is 20.1. The lowest BCUT2D eigenvalue weighted by atomic mass is 9.76. The van der Waals surface area contributed by atoms with Gasteiger partial charge in [-0.25, -0.2) is 47.9 Å². The Bertz CT molecular complexity index is 6790. The van der Waals surface area contributed by atoms with Crippen molar-refractivity contribution in [3.63, 3.8) is 0 Å². The first-order valence-electron chi connectivity index (χ1n) is 47.4. The minimum absolute atomic E-state index is 0.0536. The molecular formula is C114H110Cl2F3N15O3. The highest BCUT2D eigenvalue weighted by Crippen LogP contribution is 2.51. The Kier molecular flexibility index (Phi) is 30.9. The van der Waals surface area contributed by atoms with E-state index in [9.17, 15) is 18.3 Å². The van der Waals surface area contributed by atoms with Gasteiger partial charge in [0.15, 0.2) is 0 Å². The molecular weight excluding hydrogens is 1760 g/mol. The first kappa shape index (κ1) is 94.0. The number of piperazine rings is 1. The number of ether oxygens (including phenoxy) is 2. The lowest BCUT2D eigenvalue weighted by Gasteiger charge is -2.34. The van der Waals surface area contributed by atoms with Crippen LogP contribution in [-0.4, -0.2) is 148 Å². The monoisotopic (exact) mass is 1860 g/mol. The summed E-state index contributed by atoms with van der Waals surface area (Å²) in [5.74, 6) is 1.74. The number of pyridine rings is 1. The normalized spacial score (nSPS) is 16.0. The lowest BCUT2D eigenvalue weighted by Crippen LogP contribution is -2.46. The molecule has 4 aromatic heterocycles. The van der Waals surface area contributed by atoms with Crippen molar-refractivity contribution < 1.29 is 27.8 Å². The molecule has 4 aliphatic carbocycles. The summed E-state index contributed by atoms with van der Waals surface area (Å²) in [4.78, 5) is 44.5. The minimum Gasteiger partial charge on any atom is -0.396 e. The molecule has 0 bridgehead atoms. The third kappa shape index (κ3) is 22.3. The molecule has 21 rings (SSSR count). The second kappa shape index (κ2) is 45.1. The molecule has 6 aliphatic rings. The maximum Gasteiger partial charge on any atom is 0.236 e. The molecule has 0 saturated carbocycles. The molecule has 4 atom stereocenters. The third-order valence-corrected chi connectivity index (χ3v) is 27.5. The summed E-state index contributed by atoms with van der Waals surface area (Å²) >= 11 is 12.5. The molecule has 15 aromatic rings. The van der Waals surface area contributed by atoms with Crippen molar-refractivity contribution in [2.75, 3.05) is 114 Å². The molecule has 0 spiro atoms. The van der Waals surface area contributed by atoms with Crippen molar-refractivity contribution in [3.8, 4) is 44.9 Å². The molecule has 23 heteroatoms. The number of hydrogen-bond acceptors (Lipinski definition) is 17. The van der Waals surface area contributed by atoms with E-state index in [0.717, 1.165) is 210 Å². The molecule has 0 radical (unpaired) electrons. The largest absolute Gasteiger partial charge is 0.396 e. The standard InChI is InChI=1S/C32H34FN5O.C29H28FN3O.C27H26Cl2N4.C26H22FN3O/c1-39-18-17-37-13-15-38(16-14-37)22-23-7-6-8-25(19-23)35-32-34-21-24-20-29(27-10-4-5-12-30(27)33)26-9-2-3-11-28(26)31(24)36-32;1-34-16-7-6-9-20-10-8-11-22(17-20)32-29-31-19-21-18-26(24-13-4-5-15-27(24)30)23-12-2-3-14-25(23)28(21)33-29;1-30-26-25-19(17-32-27(26)31-11-6-14-33-12-4-5-13-33)15-22(20-7-2-3-8-21(20)25)18-9-10-23(28)24(29)16-18;27-23-11-5-4-9-20(23)22-15-18-16-28-26(29-24-12-6-1-7-17(24)13-14-31)30-25(18)21-10-3-2-8-19(21)22/h2-12,19,21,29H,13-18,20,22H2,1H3,(H,34,35,36);2-5,8,10-15,17,19,26H,6-7,9,16,18H2,1H3,(H,31,32,33);2-3,7-10,16-17,22H,4-6,11-15H2,(H,31,32);1-12,16,22,31H,13-15H2,(H,28,29,30)/t29-;26-;;22-/m11.1/s1. The summed E-state index contributed by atoms with van der Waals surface area (Å²) in [7, 11) is 3.50. The Morgan fingerprint density at radius 2 is 0.869 bits per heavy atom. The molecule has 0 amide bonds. The molecule has 137 heavy (non-hydrogen) atoms.